The third-order valence-corrected chi connectivity index (χ3v) is 11.3. The largest absolute Gasteiger partial charge is 0.472 e. The fourth-order valence-corrected chi connectivity index (χ4v) is 9.67. The van der Waals surface area contributed by atoms with Crippen molar-refractivity contribution in [3.8, 4) is 0 Å². The number of rotatable bonds is 4. The van der Waals surface area contributed by atoms with Crippen molar-refractivity contribution in [3.05, 3.63) is 24.2 Å². The minimum absolute atomic E-state index is 0.00147. The lowest BCUT2D eigenvalue weighted by molar-refractivity contribution is -0.334. The van der Waals surface area contributed by atoms with E-state index >= 15 is 0 Å². The maximum Gasteiger partial charge on any atom is 0.309 e. The third kappa shape index (κ3) is 2.89. The molecule has 6 rings (SSSR count). The molecule has 10 nitrogen and oxygen atoms in total. The highest BCUT2D eigenvalue weighted by Gasteiger charge is 2.88. The van der Waals surface area contributed by atoms with E-state index in [1.807, 2.05) is 27.7 Å². The van der Waals surface area contributed by atoms with Crippen LogP contribution in [0.1, 0.15) is 72.0 Å². The smallest absolute Gasteiger partial charge is 0.309 e. The van der Waals surface area contributed by atoms with E-state index < -0.39 is 87.8 Å². The van der Waals surface area contributed by atoms with Gasteiger partial charge in [-0.05, 0) is 30.2 Å². The monoisotopic (exact) mass is 544 g/mol. The van der Waals surface area contributed by atoms with Crippen LogP contribution in [0.25, 0.3) is 0 Å². The Bertz CT molecular complexity index is 1250. The lowest BCUT2D eigenvalue weighted by atomic mass is 9.36. The molecular weight excluding hydrogens is 508 g/mol. The Labute approximate surface area is 226 Å². The SMILES string of the molecule is COC(=O)C[C@H]1C(C)(C)[C@@H]2O[C@@]34[C@H](OC(C)=O)[C@@H]2C(=O)[C@]1(C)[C@H]3CC[C@@]1(C)[C@H](c2ccoc2)OC(=O)C[C@@]41O. The van der Waals surface area contributed by atoms with Gasteiger partial charge in [0.15, 0.2) is 0 Å². The van der Waals surface area contributed by atoms with Crippen LogP contribution in [-0.2, 0) is 38.1 Å². The fourth-order valence-electron chi connectivity index (χ4n) is 9.67. The second kappa shape index (κ2) is 7.94. The number of esters is 3. The molecule has 1 spiro atoms. The highest BCUT2D eigenvalue weighted by molar-refractivity contribution is 5.93. The summed E-state index contributed by atoms with van der Waals surface area (Å²) in [6.45, 7) is 8.90. The molecule has 1 aromatic heterocycles. The summed E-state index contributed by atoms with van der Waals surface area (Å²) in [7, 11) is 1.32. The molecule has 5 fully saturated rings. The van der Waals surface area contributed by atoms with Gasteiger partial charge in [0.1, 0.15) is 29.2 Å². The summed E-state index contributed by atoms with van der Waals surface area (Å²) in [5, 5.41) is 13.0. The van der Waals surface area contributed by atoms with Gasteiger partial charge in [0.05, 0.1) is 38.1 Å². The molecule has 1 aromatic rings. The van der Waals surface area contributed by atoms with Crippen molar-refractivity contribution in [1.82, 2.24) is 0 Å². The number of hydrogen-bond donors (Lipinski definition) is 1. The number of cyclic esters (lactones) is 1. The number of methoxy groups -OCH3 is 1. The molecule has 0 aromatic carbocycles. The summed E-state index contributed by atoms with van der Waals surface area (Å²) in [6.07, 6.45) is 0.663. The zero-order valence-electron chi connectivity index (χ0n) is 23.1. The molecule has 2 aliphatic heterocycles. The number of furan rings is 1. The Morgan fingerprint density at radius 2 is 1.90 bits per heavy atom. The van der Waals surface area contributed by atoms with E-state index in [-0.39, 0.29) is 12.2 Å². The van der Waals surface area contributed by atoms with Gasteiger partial charge >= 0.3 is 17.9 Å². The zero-order valence-corrected chi connectivity index (χ0v) is 23.1. The van der Waals surface area contributed by atoms with Crippen LogP contribution in [-0.4, -0.2) is 59.3 Å². The predicted molar refractivity (Wildman–Crippen MR) is 132 cm³/mol. The van der Waals surface area contributed by atoms with E-state index in [0.29, 0.717) is 18.4 Å². The highest BCUT2D eigenvalue weighted by Crippen LogP contribution is 2.77. The van der Waals surface area contributed by atoms with Gasteiger partial charge in [0.25, 0.3) is 0 Å². The van der Waals surface area contributed by atoms with Crippen molar-refractivity contribution in [2.24, 2.45) is 34.0 Å². The van der Waals surface area contributed by atoms with E-state index in [1.54, 1.807) is 6.07 Å². The van der Waals surface area contributed by atoms with Crippen molar-refractivity contribution >= 4 is 23.7 Å². The van der Waals surface area contributed by atoms with E-state index in [0.717, 1.165) is 0 Å². The van der Waals surface area contributed by atoms with Gasteiger partial charge in [-0.1, -0.05) is 27.7 Å². The van der Waals surface area contributed by atoms with E-state index in [4.69, 9.17) is 23.4 Å². The highest BCUT2D eigenvalue weighted by atomic mass is 16.6. The average Bonchev–Trinajstić information content (AvgIpc) is 3.47. The summed E-state index contributed by atoms with van der Waals surface area (Å²) in [5.74, 6) is -3.77. The Morgan fingerprint density at radius 1 is 1.18 bits per heavy atom. The first-order valence-corrected chi connectivity index (χ1v) is 13.6. The van der Waals surface area contributed by atoms with Gasteiger partial charge in [0, 0.05) is 35.7 Å². The van der Waals surface area contributed by atoms with Crippen LogP contribution in [0.5, 0.6) is 0 Å². The van der Waals surface area contributed by atoms with Crippen LogP contribution in [0, 0.1) is 34.0 Å². The molecule has 3 heterocycles. The molecule has 5 aliphatic rings. The number of carbonyl (C=O) groups excluding carboxylic acids is 4. The zero-order chi connectivity index (χ0) is 28.3. The van der Waals surface area contributed by atoms with Crippen LogP contribution < -0.4 is 0 Å². The first-order chi connectivity index (χ1) is 18.2. The average molecular weight is 545 g/mol. The van der Waals surface area contributed by atoms with Crippen molar-refractivity contribution in [1.29, 1.82) is 0 Å². The first-order valence-electron chi connectivity index (χ1n) is 13.6. The predicted octanol–water partition coefficient (Wildman–Crippen LogP) is 2.91. The van der Waals surface area contributed by atoms with Crippen LogP contribution in [0.2, 0.25) is 0 Å². The third-order valence-electron chi connectivity index (χ3n) is 11.3. The molecule has 212 valence electrons. The van der Waals surface area contributed by atoms with Gasteiger partial charge in [-0.25, -0.2) is 0 Å². The minimum Gasteiger partial charge on any atom is -0.472 e. The Hall–Kier alpha value is -2.72. The van der Waals surface area contributed by atoms with Gasteiger partial charge in [-0.2, -0.15) is 0 Å². The van der Waals surface area contributed by atoms with Gasteiger partial charge in [-0.3, -0.25) is 19.2 Å². The van der Waals surface area contributed by atoms with Crippen molar-refractivity contribution in [2.75, 3.05) is 7.11 Å². The summed E-state index contributed by atoms with van der Waals surface area (Å²) in [5.41, 5.74) is -5.77. The lowest BCUT2D eigenvalue weighted by Gasteiger charge is -2.69. The van der Waals surface area contributed by atoms with Gasteiger partial charge in [0.2, 0.25) is 0 Å². The fraction of sp³-hybridized carbons (Fsp3) is 0.724. The van der Waals surface area contributed by atoms with Gasteiger partial charge in [-0.15, -0.1) is 0 Å². The first kappa shape index (κ1) is 26.5. The number of ketones is 1. The number of Topliss-reactive ketones (excluding diaryl/α,β-unsaturated/α-hetero) is 1. The van der Waals surface area contributed by atoms with Crippen LogP contribution in [0.3, 0.4) is 0 Å². The number of aliphatic hydroxyl groups is 1. The molecule has 39 heavy (non-hydrogen) atoms. The Kier molecular flexibility index (Phi) is 5.39. The van der Waals surface area contributed by atoms with E-state index in [1.165, 1.54) is 26.6 Å². The maximum atomic E-state index is 14.4. The molecule has 3 bridgehead atoms. The summed E-state index contributed by atoms with van der Waals surface area (Å²) in [6, 6.07) is 1.70. The lowest BCUT2D eigenvalue weighted by Crippen LogP contribution is -2.81. The number of carbonyl (C=O) groups is 4. The maximum absolute atomic E-state index is 14.4. The molecule has 3 aliphatic carbocycles. The normalized spacial score (nSPS) is 47.2. The topological polar surface area (TPSA) is 139 Å². The number of hydrogen-bond acceptors (Lipinski definition) is 10. The molecule has 0 amide bonds. The molecule has 0 radical (unpaired) electrons. The van der Waals surface area contributed by atoms with Crippen molar-refractivity contribution in [2.45, 2.75) is 89.8 Å². The van der Waals surface area contributed by atoms with Crippen LogP contribution in [0.15, 0.2) is 23.0 Å². The molecule has 0 unspecified atom stereocenters. The quantitative estimate of drug-likeness (QED) is 0.445. The Morgan fingerprint density at radius 3 is 2.51 bits per heavy atom. The summed E-state index contributed by atoms with van der Waals surface area (Å²) >= 11 is 0. The number of ether oxygens (including phenoxy) is 4. The van der Waals surface area contributed by atoms with Crippen molar-refractivity contribution < 1.29 is 47.6 Å². The van der Waals surface area contributed by atoms with Crippen LogP contribution >= 0.6 is 0 Å². The molecule has 10 heteroatoms. The second-order valence-electron chi connectivity index (χ2n) is 13.2. The second-order valence-corrected chi connectivity index (χ2v) is 13.2. The van der Waals surface area contributed by atoms with Crippen LogP contribution in [0.4, 0.5) is 0 Å². The molecule has 10 atom stereocenters. The van der Waals surface area contributed by atoms with Crippen molar-refractivity contribution in [3.63, 3.8) is 0 Å². The minimum atomic E-state index is -1.87. The Balaban J connectivity index is 1.61. The molecule has 3 saturated carbocycles. The van der Waals surface area contributed by atoms with E-state index in [9.17, 15) is 24.3 Å². The molecular formula is C29H36O10. The number of fused-ring (bicyclic) bond motifs is 3. The molecule has 2 saturated heterocycles. The molecule has 1 N–H and O–H groups in total. The van der Waals surface area contributed by atoms with Gasteiger partial charge < -0.3 is 28.5 Å². The summed E-state index contributed by atoms with van der Waals surface area (Å²) < 4.78 is 29.1. The standard InChI is InChI=1S/C29H36O10/c1-14(30)37-24-20-21(33)27(5)16-7-9-26(4)22(15-8-10-36-13-15)38-19(32)12-28(26,34)29(16,24)39-23(20)25(2,3)17(27)11-18(31)35-6/h8,10,13,16-17,20,22-24,34H,7,9,11-12H2,1-6H3/t16-,17+,20-,22+,23-,24-,26+,27-,28+,29-/m1/s1. The van der Waals surface area contributed by atoms with E-state index in [2.05, 4.69) is 0 Å². The summed E-state index contributed by atoms with van der Waals surface area (Å²) in [4.78, 5) is 52.9.